The van der Waals surface area contributed by atoms with Crippen LogP contribution < -0.4 is 13.9 Å². The number of halogens is 2. The lowest BCUT2D eigenvalue weighted by atomic mass is 10.1. The maximum atomic E-state index is 13.7. The summed E-state index contributed by atoms with van der Waals surface area (Å²) in [6.45, 7) is 1.20. The molecule has 0 unspecified atom stereocenters. The van der Waals surface area contributed by atoms with E-state index in [2.05, 4.69) is 4.90 Å². The zero-order chi connectivity index (χ0) is 21.3. The van der Waals surface area contributed by atoms with Crippen molar-refractivity contribution in [1.29, 1.82) is 0 Å². The van der Waals surface area contributed by atoms with Crippen LogP contribution in [0.15, 0.2) is 71.6 Å². The van der Waals surface area contributed by atoms with Crippen molar-refractivity contribution in [3.05, 3.63) is 83.9 Å². The number of nitrogens with zero attached hydrogens (tertiary/aromatic N) is 2. The van der Waals surface area contributed by atoms with E-state index in [4.69, 9.17) is 4.74 Å². The summed E-state index contributed by atoms with van der Waals surface area (Å²) in [4.78, 5) is 1.78. The number of benzene rings is 3. The Bertz CT molecular complexity index is 1170. The zero-order valence-corrected chi connectivity index (χ0v) is 17.1. The van der Waals surface area contributed by atoms with Gasteiger partial charge in [0.2, 0.25) is 0 Å². The van der Waals surface area contributed by atoms with E-state index in [0.717, 1.165) is 17.7 Å². The normalized spacial score (nSPS) is 13.8. The summed E-state index contributed by atoms with van der Waals surface area (Å²) in [5, 5.41) is 0. The van der Waals surface area contributed by atoms with E-state index in [1.54, 1.807) is 25.3 Å². The van der Waals surface area contributed by atoms with Gasteiger partial charge in [0.05, 0.1) is 29.9 Å². The summed E-state index contributed by atoms with van der Waals surface area (Å²) in [6, 6.07) is 17.6. The average Bonchev–Trinajstić information content (AvgIpc) is 2.76. The van der Waals surface area contributed by atoms with Gasteiger partial charge in [-0.3, -0.25) is 4.31 Å². The third-order valence-corrected chi connectivity index (χ3v) is 6.87. The van der Waals surface area contributed by atoms with Crippen LogP contribution in [0.25, 0.3) is 0 Å². The topological polar surface area (TPSA) is 49.9 Å². The molecule has 0 aliphatic carbocycles. The van der Waals surface area contributed by atoms with Gasteiger partial charge in [0.1, 0.15) is 5.75 Å². The van der Waals surface area contributed by atoms with Gasteiger partial charge in [0.15, 0.2) is 11.6 Å². The number of ether oxygens (including phenoxy) is 1. The van der Waals surface area contributed by atoms with Crippen molar-refractivity contribution < 1.29 is 21.9 Å². The molecule has 5 nitrogen and oxygen atoms in total. The highest BCUT2D eigenvalue weighted by Crippen LogP contribution is 2.39. The number of hydrogen-bond acceptors (Lipinski definition) is 4. The average molecular weight is 430 g/mol. The number of hydrogen-bond donors (Lipinski definition) is 0. The summed E-state index contributed by atoms with van der Waals surface area (Å²) in [5.74, 6) is -1.70. The molecule has 8 heteroatoms. The fraction of sp³-hybridized carbons (Fsp3) is 0.182. The van der Waals surface area contributed by atoms with Crippen molar-refractivity contribution in [3.8, 4) is 5.75 Å². The predicted molar refractivity (Wildman–Crippen MR) is 111 cm³/mol. The summed E-state index contributed by atoms with van der Waals surface area (Å²) < 4.78 is 60.0. The molecular weight excluding hydrogens is 410 g/mol. The Kier molecular flexibility index (Phi) is 5.34. The van der Waals surface area contributed by atoms with Gasteiger partial charge < -0.3 is 9.64 Å². The maximum absolute atomic E-state index is 13.7. The lowest BCUT2D eigenvalue weighted by Crippen LogP contribution is -2.43. The monoisotopic (exact) mass is 430 g/mol. The van der Waals surface area contributed by atoms with Crippen LogP contribution in [0.2, 0.25) is 0 Å². The Balaban J connectivity index is 1.75. The van der Waals surface area contributed by atoms with E-state index in [9.17, 15) is 17.2 Å². The molecule has 0 aromatic heterocycles. The van der Waals surface area contributed by atoms with E-state index in [1.807, 2.05) is 30.3 Å². The molecule has 0 atom stereocenters. The summed E-state index contributed by atoms with van der Waals surface area (Å²) in [5.41, 5.74) is 2.24. The van der Waals surface area contributed by atoms with E-state index in [0.29, 0.717) is 36.3 Å². The molecule has 0 bridgehead atoms. The summed E-state index contributed by atoms with van der Waals surface area (Å²) >= 11 is 0. The smallest absolute Gasteiger partial charge is 0.264 e. The van der Waals surface area contributed by atoms with Crippen molar-refractivity contribution in [2.24, 2.45) is 0 Å². The molecule has 0 N–H and O–H groups in total. The highest BCUT2D eigenvalue weighted by molar-refractivity contribution is 7.92. The standard InChI is InChI=1S/C22H20F2N2O3S/c1-29-17-7-10-21-22(13-17)25(15-16-5-3-2-4-6-16)11-12-26(21)30(27,28)18-8-9-19(23)20(24)14-18/h2-10,13-14H,11-12,15H2,1H3. The van der Waals surface area contributed by atoms with Crippen LogP contribution in [-0.2, 0) is 16.6 Å². The van der Waals surface area contributed by atoms with E-state index in [1.165, 1.54) is 4.31 Å². The van der Waals surface area contributed by atoms with Gasteiger partial charge in [0, 0.05) is 19.2 Å². The van der Waals surface area contributed by atoms with E-state index in [-0.39, 0.29) is 11.4 Å². The van der Waals surface area contributed by atoms with Gasteiger partial charge in [-0.05, 0) is 35.9 Å². The highest BCUT2D eigenvalue weighted by Gasteiger charge is 2.33. The Hall–Kier alpha value is -3.13. The molecule has 1 aliphatic rings. The molecule has 0 saturated carbocycles. The van der Waals surface area contributed by atoms with Crippen LogP contribution in [0.5, 0.6) is 5.75 Å². The van der Waals surface area contributed by atoms with Crippen LogP contribution >= 0.6 is 0 Å². The Morgan fingerprint density at radius 2 is 1.67 bits per heavy atom. The number of fused-ring (bicyclic) bond motifs is 1. The minimum atomic E-state index is -4.07. The summed E-state index contributed by atoms with van der Waals surface area (Å²) in [7, 11) is -2.53. The first-order chi connectivity index (χ1) is 14.4. The van der Waals surface area contributed by atoms with Crippen molar-refractivity contribution >= 4 is 21.4 Å². The lowest BCUT2D eigenvalue weighted by Gasteiger charge is -2.38. The van der Waals surface area contributed by atoms with Crippen molar-refractivity contribution in [3.63, 3.8) is 0 Å². The third-order valence-electron chi connectivity index (χ3n) is 5.06. The number of methoxy groups -OCH3 is 1. The fourth-order valence-corrected chi connectivity index (χ4v) is 5.01. The van der Waals surface area contributed by atoms with E-state index >= 15 is 0 Å². The molecule has 1 aliphatic heterocycles. The number of anilines is 2. The molecule has 3 aromatic rings. The minimum Gasteiger partial charge on any atom is -0.497 e. The summed E-state index contributed by atoms with van der Waals surface area (Å²) in [6.07, 6.45) is 0. The van der Waals surface area contributed by atoms with Gasteiger partial charge >= 0.3 is 0 Å². The molecule has 4 rings (SSSR count). The maximum Gasteiger partial charge on any atom is 0.264 e. The van der Waals surface area contributed by atoms with E-state index < -0.39 is 21.7 Å². The van der Waals surface area contributed by atoms with Crippen LogP contribution in [0.1, 0.15) is 5.56 Å². The minimum absolute atomic E-state index is 0.174. The highest BCUT2D eigenvalue weighted by atomic mass is 32.2. The van der Waals surface area contributed by atoms with Crippen LogP contribution in [0, 0.1) is 11.6 Å². The largest absolute Gasteiger partial charge is 0.497 e. The second-order valence-corrected chi connectivity index (χ2v) is 8.78. The van der Waals surface area contributed by atoms with Crippen LogP contribution in [-0.4, -0.2) is 28.6 Å². The fourth-order valence-electron chi connectivity index (χ4n) is 3.53. The molecule has 0 radical (unpaired) electrons. The van der Waals surface area contributed by atoms with Gasteiger partial charge in [-0.1, -0.05) is 30.3 Å². The molecule has 0 fully saturated rings. The first-order valence-electron chi connectivity index (χ1n) is 9.35. The van der Waals surface area contributed by atoms with Gasteiger partial charge in [-0.25, -0.2) is 17.2 Å². The molecule has 0 spiro atoms. The Morgan fingerprint density at radius 1 is 0.900 bits per heavy atom. The molecule has 30 heavy (non-hydrogen) atoms. The van der Waals surface area contributed by atoms with Gasteiger partial charge in [0.25, 0.3) is 10.0 Å². The third kappa shape index (κ3) is 3.70. The van der Waals surface area contributed by atoms with Crippen molar-refractivity contribution in [2.75, 3.05) is 29.4 Å². The quantitative estimate of drug-likeness (QED) is 0.609. The van der Waals surface area contributed by atoms with Gasteiger partial charge in [-0.2, -0.15) is 0 Å². The second-order valence-electron chi connectivity index (χ2n) is 6.91. The van der Waals surface area contributed by atoms with Crippen LogP contribution in [0.3, 0.4) is 0 Å². The van der Waals surface area contributed by atoms with Gasteiger partial charge in [-0.15, -0.1) is 0 Å². The number of sulfonamides is 1. The Labute approximate surface area is 174 Å². The molecule has 3 aromatic carbocycles. The Morgan fingerprint density at radius 3 is 2.37 bits per heavy atom. The number of rotatable bonds is 5. The van der Waals surface area contributed by atoms with Crippen molar-refractivity contribution in [1.82, 2.24) is 0 Å². The van der Waals surface area contributed by atoms with Crippen molar-refractivity contribution in [2.45, 2.75) is 11.4 Å². The molecule has 1 heterocycles. The molecular formula is C22H20F2N2O3S. The first kappa shape index (κ1) is 20.2. The SMILES string of the molecule is COc1ccc2c(c1)N(Cc1ccccc1)CCN2S(=O)(=O)c1ccc(F)c(F)c1. The predicted octanol–water partition coefficient (Wildman–Crippen LogP) is 4.19. The first-order valence-corrected chi connectivity index (χ1v) is 10.8. The molecule has 0 saturated heterocycles. The molecule has 0 amide bonds. The lowest BCUT2D eigenvalue weighted by molar-refractivity contribution is 0.414. The zero-order valence-electron chi connectivity index (χ0n) is 16.3. The molecule has 156 valence electrons. The van der Waals surface area contributed by atoms with Crippen LogP contribution in [0.4, 0.5) is 20.2 Å². The second kappa shape index (κ2) is 7.95.